The second-order valence-electron chi connectivity index (χ2n) is 6.23. The number of nitrogens with zero attached hydrogens (tertiary/aromatic N) is 3. The van der Waals surface area contributed by atoms with Crippen LogP contribution in [0.3, 0.4) is 0 Å². The molecule has 0 aliphatic rings. The fraction of sp³-hybridized carbons (Fsp3) is 0.389. The van der Waals surface area contributed by atoms with Crippen LogP contribution in [0.15, 0.2) is 35.4 Å². The van der Waals surface area contributed by atoms with Gasteiger partial charge in [0, 0.05) is 18.8 Å². The van der Waals surface area contributed by atoms with Crippen LogP contribution in [0.5, 0.6) is 5.75 Å². The van der Waals surface area contributed by atoms with Crippen LogP contribution in [-0.4, -0.2) is 48.1 Å². The van der Waals surface area contributed by atoms with E-state index in [2.05, 4.69) is 10.3 Å². The average Bonchev–Trinajstić information content (AvgIpc) is 2.54. The zero-order chi connectivity index (χ0) is 18.6. The minimum Gasteiger partial charge on any atom is -0.495 e. The van der Waals surface area contributed by atoms with Crippen molar-refractivity contribution in [2.45, 2.75) is 19.9 Å². The Morgan fingerprint density at radius 3 is 2.64 bits per heavy atom. The van der Waals surface area contributed by atoms with Crippen LogP contribution in [0.1, 0.15) is 28.9 Å². The summed E-state index contributed by atoms with van der Waals surface area (Å²) in [6, 6.07) is 5.05. The Bertz CT molecular complexity index is 797. The summed E-state index contributed by atoms with van der Waals surface area (Å²) < 4.78 is 6.62. The van der Waals surface area contributed by atoms with Gasteiger partial charge in [-0.1, -0.05) is 0 Å². The smallest absolute Gasteiger partial charge is 0.263 e. The summed E-state index contributed by atoms with van der Waals surface area (Å²) in [7, 11) is 5.43. The Morgan fingerprint density at radius 2 is 2.08 bits per heavy atom. The van der Waals surface area contributed by atoms with Crippen LogP contribution < -0.4 is 15.6 Å². The number of hydrogen-bond donors (Lipinski definition) is 1. The molecule has 0 aliphatic heterocycles. The lowest BCUT2D eigenvalue weighted by molar-refractivity contribution is 0.102. The van der Waals surface area contributed by atoms with Crippen LogP contribution in [0, 0.1) is 6.92 Å². The van der Waals surface area contributed by atoms with E-state index in [0.717, 1.165) is 0 Å². The number of nitrogens with one attached hydrogen (secondary N) is 1. The highest BCUT2D eigenvalue weighted by Crippen LogP contribution is 2.13. The molecule has 0 aromatic carbocycles. The first-order valence-corrected chi connectivity index (χ1v) is 8.01. The van der Waals surface area contributed by atoms with E-state index in [0.29, 0.717) is 23.7 Å². The summed E-state index contributed by atoms with van der Waals surface area (Å²) in [5, 5.41) is 2.67. The van der Waals surface area contributed by atoms with Crippen molar-refractivity contribution in [1.29, 1.82) is 0 Å². The van der Waals surface area contributed by atoms with Crippen molar-refractivity contribution >= 4 is 11.7 Å². The number of pyridine rings is 2. The Hall–Kier alpha value is -2.67. The molecule has 2 rings (SSSR count). The van der Waals surface area contributed by atoms with Gasteiger partial charge < -0.3 is 19.5 Å². The van der Waals surface area contributed by atoms with Gasteiger partial charge in [0.1, 0.15) is 17.1 Å². The van der Waals surface area contributed by atoms with Gasteiger partial charge in [-0.15, -0.1) is 0 Å². The van der Waals surface area contributed by atoms with Gasteiger partial charge in [0.2, 0.25) is 0 Å². The standard InChI is InChI=1S/C18H24N4O3/c1-12-8-9-22(13(2)11-21(3)4)18(24)16(12)17(23)20-15-7-6-14(25-5)10-19-15/h6-10,13H,11H2,1-5H3,(H,19,20,23). The minimum atomic E-state index is -0.466. The molecule has 2 aromatic rings. The van der Waals surface area contributed by atoms with E-state index < -0.39 is 5.91 Å². The Balaban J connectivity index is 2.30. The first kappa shape index (κ1) is 18.7. The maximum absolute atomic E-state index is 12.8. The molecule has 25 heavy (non-hydrogen) atoms. The number of amides is 1. The molecule has 7 nitrogen and oxygen atoms in total. The maximum atomic E-state index is 12.8. The van der Waals surface area contributed by atoms with Gasteiger partial charge in [0.25, 0.3) is 11.5 Å². The largest absolute Gasteiger partial charge is 0.495 e. The molecule has 1 N–H and O–H groups in total. The molecule has 1 amide bonds. The monoisotopic (exact) mass is 344 g/mol. The molecule has 0 spiro atoms. The molecule has 7 heteroatoms. The zero-order valence-electron chi connectivity index (χ0n) is 15.2. The molecular weight excluding hydrogens is 320 g/mol. The van der Waals surface area contributed by atoms with Crippen molar-refractivity contribution in [3.8, 4) is 5.75 Å². The molecular formula is C18H24N4O3. The van der Waals surface area contributed by atoms with Gasteiger partial charge in [0.05, 0.1) is 13.3 Å². The second kappa shape index (κ2) is 7.94. The normalized spacial score (nSPS) is 12.1. The highest BCUT2D eigenvalue weighted by molar-refractivity contribution is 6.04. The number of aromatic nitrogens is 2. The number of ether oxygens (including phenoxy) is 1. The van der Waals surface area contributed by atoms with Crippen LogP contribution >= 0.6 is 0 Å². The van der Waals surface area contributed by atoms with E-state index >= 15 is 0 Å². The Labute approximate surface area is 147 Å². The van der Waals surface area contributed by atoms with Gasteiger partial charge >= 0.3 is 0 Å². The number of methoxy groups -OCH3 is 1. The number of carbonyl (C=O) groups is 1. The van der Waals surface area contributed by atoms with Crippen LogP contribution in [0.2, 0.25) is 0 Å². The van der Waals surface area contributed by atoms with E-state index in [1.165, 1.54) is 6.20 Å². The Morgan fingerprint density at radius 1 is 1.36 bits per heavy atom. The molecule has 0 saturated heterocycles. The van der Waals surface area contributed by atoms with Crippen molar-refractivity contribution in [3.05, 3.63) is 52.1 Å². The molecule has 0 aliphatic carbocycles. The van der Waals surface area contributed by atoms with Crippen molar-refractivity contribution < 1.29 is 9.53 Å². The van der Waals surface area contributed by atoms with E-state index in [1.54, 1.807) is 43.0 Å². The van der Waals surface area contributed by atoms with E-state index in [-0.39, 0.29) is 17.2 Å². The lowest BCUT2D eigenvalue weighted by Crippen LogP contribution is -2.34. The second-order valence-corrected chi connectivity index (χ2v) is 6.23. The topological polar surface area (TPSA) is 76.5 Å². The van der Waals surface area contributed by atoms with E-state index in [1.807, 2.05) is 25.9 Å². The van der Waals surface area contributed by atoms with Gasteiger partial charge in [0.15, 0.2) is 0 Å². The molecule has 0 fully saturated rings. The van der Waals surface area contributed by atoms with Crippen LogP contribution in [0.4, 0.5) is 5.82 Å². The SMILES string of the molecule is COc1ccc(NC(=O)c2c(C)ccn(C(C)CN(C)C)c2=O)nc1. The summed E-state index contributed by atoms with van der Waals surface area (Å²) in [4.78, 5) is 31.5. The fourth-order valence-corrected chi connectivity index (χ4v) is 2.63. The van der Waals surface area contributed by atoms with E-state index in [4.69, 9.17) is 4.74 Å². The third-order valence-corrected chi connectivity index (χ3v) is 3.87. The zero-order valence-corrected chi connectivity index (χ0v) is 15.2. The van der Waals surface area contributed by atoms with Crippen LogP contribution in [-0.2, 0) is 0 Å². The van der Waals surface area contributed by atoms with Crippen molar-refractivity contribution in [2.24, 2.45) is 0 Å². The van der Waals surface area contributed by atoms with Gasteiger partial charge in [-0.3, -0.25) is 9.59 Å². The molecule has 1 atom stereocenters. The highest BCUT2D eigenvalue weighted by atomic mass is 16.5. The summed E-state index contributed by atoms with van der Waals surface area (Å²) >= 11 is 0. The van der Waals surface area contributed by atoms with E-state index in [9.17, 15) is 9.59 Å². The number of carbonyl (C=O) groups excluding carboxylic acids is 1. The van der Waals surface area contributed by atoms with Gasteiger partial charge in [-0.25, -0.2) is 4.98 Å². The molecule has 134 valence electrons. The number of hydrogen-bond acceptors (Lipinski definition) is 5. The van der Waals surface area contributed by atoms with Gasteiger partial charge in [-0.05, 0) is 51.7 Å². The third kappa shape index (κ3) is 4.45. The number of aryl methyl sites for hydroxylation is 1. The number of anilines is 1. The summed E-state index contributed by atoms with van der Waals surface area (Å²) in [6.07, 6.45) is 3.24. The lowest BCUT2D eigenvalue weighted by Gasteiger charge is -2.20. The third-order valence-electron chi connectivity index (χ3n) is 3.87. The summed E-state index contributed by atoms with van der Waals surface area (Å²) in [6.45, 7) is 4.40. The summed E-state index contributed by atoms with van der Waals surface area (Å²) in [5.74, 6) is 0.488. The lowest BCUT2D eigenvalue weighted by atomic mass is 10.1. The minimum absolute atomic E-state index is 0.0474. The molecule has 0 bridgehead atoms. The highest BCUT2D eigenvalue weighted by Gasteiger charge is 2.18. The first-order chi connectivity index (χ1) is 11.8. The Kier molecular flexibility index (Phi) is 5.93. The maximum Gasteiger partial charge on any atom is 0.263 e. The van der Waals surface area contributed by atoms with Crippen molar-refractivity contribution in [1.82, 2.24) is 14.5 Å². The van der Waals surface area contributed by atoms with Crippen molar-refractivity contribution in [2.75, 3.05) is 33.1 Å². The van der Waals surface area contributed by atoms with Crippen LogP contribution in [0.25, 0.3) is 0 Å². The average molecular weight is 344 g/mol. The van der Waals surface area contributed by atoms with Crippen molar-refractivity contribution in [3.63, 3.8) is 0 Å². The molecule has 1 unspecified atom stereocenters. The number of rotatable bonds is 6. The molecule has 2 aromatic heterocycles. The quantitative estimate of drug-likeness (QED) is 0.866. The molecule has 0 radical (unpaired) electrons. The summed E-state index contributed by atoms with van der Waals surface area (Å²) in [5.41, 5.74) is 0.454. The first-order valence-electron chi connectivity index (χ1n) is 8.01. The predicted molar refractivity (Wildman–Crippen MR) is 97.4 cm³/mol. The number of likely N-dealkylation sites (N-methyl/N-ethyl adjacent to an activating group) is 1. The fourth-order valence-electron chi connectivity index (χ4n) is 2.63. The van der Waals surface area contributed by atoms with Gasteiger partial charge in [-0.2, -0.15) is 0 Å². The molecule has 0 saturated carbocycles. The predicted octanol–water partition coefficient (Wildman–Crippen LogP) is 1.94. The molecule has 2 heterocycles.